The van der Waals surface area contributed by atoms with Crippen molar-refractivity contribution >= 4 is 6.21 Å². The van der Waals surface area contributed by atoms with Crippen LogP contribution in [0.15, 0.2) is 71.4 Å². The summed E-state index contributed by atoms with van der Waals surface area (Å²) in [5, 5.41) is 0. The van der Waals surface area contributed by atoms with Gasteiger partial charge >= 0.3 is 0 Å². The third-order valence-electron chi connectivity index (χ3n) is 2.15. The van der Waals surface area contributed by atoms with Crippen LogP contribution >= 0.6 is 0 Å². The Morgan fingerprint density at radius 1 is 1.00 bits per heavy atom. The topological polar surface area (TPSA) is 12.4 Å². The van der Waals surface area contributed by atoms with Gasteiger partial charge in [0, 0.05) is 18.3 Å². The molecule has 0 spiro atoms. The number of aliphatic imine (C=N–C) groups is 1. The van der Waals surface area contributed by atoms with Crippen molar-refractivity contribution in [3.05, 3.63) is 72.0 Å². The van der Waals surface area contributed by atoms with Crippen molar-refractivity contribution in [2.24, 2.45) is 4.99 Å². The number of nitrogens with zero attached hydrogens (tertiary/aromatic N) is 1. The Morgan fingerprint density at radius 3 is 2.73 bits per heavy atom. The predicted octanol–water partition coefficient (Wildman–Crippen LogP) is 3.51. The lowest BCUT2D eigenvalue weighted by Gasteiger charge is -1.95. The maximum absolute atomic E-state index is 4.45. The number of allylic oxidation sites excluding steroid dienone is 5. The molecule has 0 saturated heterocycles. The van der Waals surface area contributed by atoms with Crippen LogP contribution in [0.5, 0.6) is 0 Å². The Morgan fingerprint density at radius 2 is 1.87 bits per heavy atom. The molecule has 0 N–H and O–H groups in total. The number of rotatable bonds is 2. The molecule has 1 heteroatoms. The van der Waals surface area contributed by atoms with Crippen LogP contribution in [0.4, 0.5) is 0 Å². The van der Waals surface area contributed by atoms with E-state index in [0.29, 0.717) is 0 Å². The number of hydrogen-bond donors (Lipinski definition) is 0. The van der Waals surface area contributed by atoms with E-state index in [1.54, 1.807) is 0 Å². The molecule has 0 aliphatic heterocycles. The monoisotopic (exact) mass is 195 g/mol. The zero-order chi connectivity index (χ0) is 10.3. The number of hydrogen-bond acceptors (Lipinski definition) is 1. The maximum atomic E-state index is 4.45. The minimum atomic E-state index is 0.899. The second-order valence-corrected chi connectivity index (χ2v) is 3.34. The summed E-state index contributed by atoms with van der Waals surface area (Å²) in [4.78, 5) is 4.45. The lowest BCUT2D eigenvalue weighted by molar-refractivity contribution is 1.17. The van der Waals surface area contributed by atoms with Crippen molar-refractivity contribution < 1.29 is 0 Å². The molecule has 15 heavy (non-hydrogen) atoms. The summed E-state index contributed by atoms with van der Waals surface area (Å²) in [7, 11) is 0. The van der Waals surface area contributed by atoms with E-state index < -0.39 is 0 Å². The van der Waals surface area contributed by atoms with Crippen LogP contribution in [0.25, 0.3) is 0 Å². The third-order valence-corrected chi connectivity index (χ3v) is 2.15. The average molecular weight is 195 g/mol. The largest absolute Gasteiger partial charge is 0.260 e. The molecule has 1 aliphatic carbocycles. The SMILES string of the molecule is C1=CC=C(N=Cc2ccccc2)CC=C1. The van der Waals surface area contributed by atoms with E-state index in [2.05, 4.69) is 11.1 Å². The zero-order valence-corrected chi connectivity index (χ0v) is 8.51. The first-order chi connectivity index (χ1) is 7.45. The first-order valence-corrected chi connectivity index (χ1v) is 5.06. The third kappa shape index (κ3) is 3.06. The molecule has 0 saturated carbocycles. The molecule has 74 valence electrons. The first kappa shape index (κ1) is 9.66. The van der Waals surface area contributed by atoms with Gasteiger partial charge in [0.25, 0.3) is 0 Å². The van der Waals surface area contributed by atoms with Crippen LogP contribution < -0.4 is 0 Å². The number of benzene rings is 1. The fraction of sp³-hybridized carbons (Fsp3) is 0.0714. The van der Waals surface area contributed by atoms with Crippen LogP contribution in [0, 0.1) is 0 Å². The summed E-state index contributed by atoms with van der Waals surface area (Å²) < 4.78 is 0. The quantitative estimate of drug-likeness (QED) is 0.640. The minimum Gasteiger partial charge on any atom is -0.260 e. The van der Waals surface area contributed by atoms with Gasteiger partial charge in [-0.2, -0.15) is 0 Å². The molecule has 0 radical (unpaired) electrons. The lowest BCUT2D eigenvalue weighted by Crippen LogP contribution is -1.81. The summed E-state index contributed by atoms with van der Waals surface area (Å²) in [6.07, 6.45) is 13.0. The highest BCUT2D eigenvalue weighted by Gasteiger charge is 1.91. The van der Waals surface area contributed by atoms with E-state index in [-0.39, 0.29) is 0 Å². The highest BCUT2D eigenvalue weighted by Crippen LogP contribution is 2.08. The molecule has 0 fully saturated rings. The van der Waals surface area contributed by atoms with E-state index in [1.165, 1.54) is 0 Å². The molecule has 1 aromatic rings. The van der Waals surface area contributed by atoms with Crippen LogP contribution in [0.2, 0.25) is 0 Å². The molecule has 0 bridgehead atoms. The maximum Gasteiger partial charge on any atom is 0.0441 e. The van der Waals surface area contributed by atoms with Gasteiger partial charge in [0.05, 0.1) is 0 Å². The second-order valence-electron chi connectivity index (χ2n) is 3.34. The molecule has 2 rings (SSSR count). The smallest absolute Gasteiger partial charge is 0.0441 e. The van der Waals surface area contributed by atoms with Gasteiger partial charge in [-0.1, -0.05) is 54.6 Å². The summed E-state index contributed by atoms with van der Waals surface area (Å²) >= 11 is 0. The van der Waals surface area contributed by atoms with E-state index in [4.69, 9.17) is 0 Å². The van der Waals surface area contributed by atoms with Crippen molar-refractivity contribution in [1.82, 2.24) is 0 Å². The van der Waals surface area contributed by atoms with E-state index in [0.717, 1.165) is 17.7 Å². The molecule has 1 aliphatic rings. The Labute approximate surface area is 90.2 Å². The molecular weight excluding hydrogens is 182 g/mol. The van der Waals surface area contributed by atoms with Gasteiger partial charge < -0.3 is 0 Å². The van der Waals surface area contributed by atoms with Gasteiger partial charge in [-0.3, -0.25) is 4.99 Å². The Kier molecular flexibility index (Phi) is 3.29. The van der Waals surface area contributed by atoms with E-state index in [1.807, 2.05) is 60.9 Å². The van der Waals surface area contributed by atoms with Gasteiger partial charge in [-0.05, 0) is 11.6 Å². The lowest BCUT2D eigenvalue weighted by atomic mass is 10.2. The van der Waals surface area contributed by atoms with Crippen molar-refractivity contribution in [2.75, 3.05) is 0 Å². The molecule has 0 aromatic heterocycles. The summed E-state index contributed by atoms with van der Waals surface area (Å²) in [6.45, 7) is 0. The molecule has 0 unspecified atom stereocenters. The van der Waals surface area contributed by atoms with Crippen molar-refractivity contribution in [3.63, 3.8) is 0 Å². The Hall–Kier alpha value is -1.89. The van der Waals surface area contributed by atoms with Gasteiger partial charge in [0.2, 0.25) is 0 Å². The van der Waals surface area contributed by atoms with Crippen LogP contribution in [0.1, 0.15) is 12.0 Å². The molecule has 0 heterocycles. The average Bonchev–Trinajstić information content (AvgIpc) is 2.56. The fourth-order valence-corrected chi connectivity index (χ4v) is 1.36. The Balaban J connectivity index is 2.09. The zero-order valence-electron chi connectivity index (χ0n) is 8.51. The molecule has 1 nitrogen and oxygen atoms in total. The van der Waals surface area contributed by atoms with Gasteiger partial charge in [0.15, 0.2) is 0 Å². The van der Waals surface area contributed by atoms with E-state index >= 15 is 0 Å². The predicted molar refractivity (Wildman–Crippen MR) is 65.0 cm³/mol. The fourth-order valence-electron chi connectivity index (χ4n) is 1.36. The molecule has 0 atom stereocenters. The minimum absolute atomic E-state index is 0.899. The van der Waals surface area contributed by atoms with Crippen molar-refractivity contribution in [1.29, 1.82) is 0 Å². The van der Waals surface area contributed by atoms with Gasteiger partial charge in [-0.15, -0.1) is 0 Å². The van der Waals surface area contributed by atoms with Crippen LogP contribution in [0.3, 0.4) is 0 Å². The highest BCUT2D eigenvalue weighted by atomic mass is 14.7. The normalized spacial score (nSPS) is 15.3. The van der Waals surface area contributed by atoms with Gasteiger partial charge in [-0.25, -0.2) is 0 Å². The van der Waals surface area contributed by atoms with Crippen LogP contribution in [-0.2, 0) is 0 Å². The summed E-state index contributed by atoms with van der Waals surface area (Å²) in [5.41, 5.74) is 2.22. The van der Waals surface area contributed by atoms with Gasteiger partial charge in [0.1, 0.15) is 0 Å². The van der Waals surface area contributed by atoms with Crippen LogP contribution in [-0.4, -0.2) is 6.21 Å². The standard InChI is InChI=1S/C14H13N/c1-2-7-11-14(10-6-1)15-12-13-8-4-3-5-9-13/h1-10,12H,11H2. The second kappa shape index (κ2) is 5.11. The first-order valence-electron chi connectivity index (χ1n) is 5.06. The van der Waals surface area contributed by atoms with Crippen molar-refractivity contribution in [3.8, 4) is 0 Å². The molecule has 0 amide bonds. The highest BCUT2D eigenvalue weighted by molar-refractivity contribution is 5.80. The summed E-state index contributed by atoms with van der Waals surface area (Å²) in [6, 6.07) is 10.1. The van der Waals surface area contributed by atoms with Crippen molar-refractivity contribution in [2.45, 2.75) is 6.42 Å². The van der Waals surface area contributed by atoms with E-state index in [9.17, 15) is 0 Å². The Bertz CT molecular complexity index is 422. The molecule has 1 aromatic carbocycles. The summed E-state index contributed by atoms with van der Waals surface area (Å²) in [5.74, 6) is 0. The molecular formula is C14H13N.